The minimum absolute atomic E-state index is 0.0915. The van der Waals surface area contributed by atoms with Crippen molar-refractivity contribution in [1.82, 2.24) is 0 Å². The Kier molecular flexibility index (Phi) is 6.16. The molecule has 1 aromatic rings. The Labute approximate surface area is 126 Å². The molecule has 0 aliphatic carbocycles. The van der Waals surface area contributed by atoms with Crippen LogP contribution in [0.25, 0.3) is 0 Å². The average Bonchev–Trinajstić information content (AvgIpc) is 2.45. The van der Waals surface area contributed by atoms with Crippen LogP contribution in [-0.4, -0.2) is 11.5 Å². The van der Waals surface area contributed by atoms with Gasteiger partial charge in [0.25, 0.3) is 5.69 Å². The zero-order valence-electron chi connectivity index (χ0n) is 13.0. The molecule has 0 amide bonds. The molecule has 1 rings (SSSR count). The largest absolute Gasteiger partial charge is 0.384 e. The highest BCUT2D eigenvalue weighted by Gasteiger charge is 2.18. The van der Waals surface area contributed by atoms with Crippen molar-refractivity contribution in [3.05, 3.63) is 33.9 Å². The number of hydrogen-bond acceptors (Lipinski definition) is 4. The number of nitrogens with zero attached hydrogens (tertiary/aromatic N) is 2. The van der Waals surface area contributed by atoms with Gasteiger partial charge in [0, 0.05) is 18.3 Å². The van der Waals surface area contributed by atoms with E-state index in [9.17, 15) is 10.1 Å². The lowest BCUT2D eigenvalue weighted by Crippen LogP contribution is -2.23. The third-order valence-corrected chi connectivity index (χ3v) is 3.54. The van der Waals surface area contributed by atoms with Crippen molar-refractivity contribution in [2.45, 2.75) is 46.5 Å². The minimum atomic E-state index is -0.531. The highest BCUT2D eigenvalue weighted by Crippen LogP contribution is 2.26. The molecule has 0 aromatic heterocycles. The second-order valence-corrected chi connectivity index (χ2v) is 6.08. The van der Waals surface area contributed by atoms with Crippen LogP contribution >= 0.6 is 0 Å². The number of nitrogens with one attached hydrogen (secondary N) is 1. The van der Waals surface area contributed by atoms with Crippen LogP contribution in [0, 0.1) is 26.9 Å². The van der Waals surface area contributed by atoms with E-state index >= 15 is 0 Å². The molecule has 0 atom stereocenters. The monoisotopic (exact) mass is 289 g/mol. The molecule has 0 fully saturated rings. The van der Waals surface area contributed by atoms with E-state index in [4.69, 9.17) is 5.26 Å². The van der Waals surface area contributed by atoms with E-state index in [-0.39, 0.29) is 16.7 Å². The van der Waals surface area contributed by atoms with Gasteiger partial charge in [-0.3, -0.25) is 10.1 Å². The highest BCUT2D eigenvalue weighted by atomic mass is 16.6. The Morgan fingerprint density at radius 1 is 1.38 bits per heavy atom. The van der Waals surface area contributed by atoms with E-state index in [2.05, 4.69) is 26.1 Å². The molecule has 1 aromatic carbocycles. The summed E-state index contributed by atoms with van der Waals surface area (Å²) < 4.78 is 0. The van der Waals surface area contributed by atoms with Gasteiger partial charge in [0.05, 0.1) is 4.92 Å². The zero-order chi connectivity index (χ0) is 15.9. The number of nitriles is 1. The first-order chi connectivity index (χ1) is 9.89. The van der Waals surface area contributed by atoms with Gasteiger partial charge in [0.15, 0.2) is 0 Å². The molecule has 114 valence electrons. The van der Waals surface area contributed by atoms with E-state index in [0.717, 1.165) is 18.7 Å². The summed E-state index contributed by atoms with van der Waals surface area (Å²) in [5.74, 6) is 0. The quantitative estimate of drug-likeness (QED) is 0.434. The summed E-state index contributed by atoms with van der Waals surface area (Å²) in [6.45, 7) is 7.36. The number of rotatable bonds is 8. The van der Waals surface area contributed by atoms with E-state index in [0.29, 0.717) is 0 Å². The summed E-state index contributed by atoms with van der Waals surface area (Å²) in [4.78, 5) is 10.3. The number of anilines is 1. The van der Waals surface area contributed by atoms with Crippen molar-refractivity contribution in [3.8, 4) is 6.07 Å². The maximum atomic E-state index is 10.8. The summed E-state index contributed by atoms with van der Waals surface area (Å²) in [5, 5.41) is 23.0. The SMILES string of the molecule is CCCCCC(C)(C)CNc1ccc([N+](=O)[O-])c(C#N)c1. The van der Waals surface area contributed by atoms with Gasteiger partial charge < -0.3 is 5.32 Å². The molecule has 0 saturated heterocycles. The summed E-state index contributed by atoms with van der Waals surface area (Å²) >= 11 is 0. The number of unbranched alkanes of at least 4 members (excludes halogenated alkanes) is 2. The van der Waals surface area contributed by atoms with E-state index < -0.39 is 4.92 Å². The first-order valence-corrected chi connectivity index (χ1v) is 7.32. The van der Waals surface area contributed by atoms with Crippen LogP contribution in [0.3, 0.4) is 0 Å². The smallest absolute Gasteiger partial charge is 0.287 e. The normalized spacial score (nSPS) is 11.0. The zero-order valence-corrected chi connectivity index (χ0v) is 13.0. The van der Waals surface area contributed by atoms with Crippen LogP contribution in [0.1, 0.15) is 52.0 Å². The lowest BCUT2D eigenvalue weighted by Gasteiger charge is -2.25. The molecular weight excluding hydrogens is 266 g/mol. The summed E-state index contributed by atoms with van der Waals surface area (Å²) in [7, 11) is 0. The Bertz CT molecular complexity index is 533. The van der Waals surface area contributed by atoms with E-state index in [1.54, 1.807) is 12.1 Å². The Hall–Kier alpha value is -2.09. The molecule has 0 spiro atoms. The number of nitro groups is 1. The van der Waals surface area contributed by atoms with Crippen molar-refractivity contribution >= 4 is 11.4 Å². The topological polar surface area (TPSA) is 79.0 Å². The molecule has 0 saturated carbocycles. The van der Waals surface area contributed by atoms with Gasteiger partial charge in [0.1, 0.15) is 11.6 Å². The third kappa shape index (κ3) is 5.42. The van der Waals surface area contributed by atoms with Crippen molar-refractivity contribution in [3.63, 3.8) is 0 Å². The van der Waals surface area contributed by atoms with Gasteiger partial charge >= 0.3 is 0 Å². The molecule has 0 aliphatic rings. The van der Waals surface area contributed by atoms with Crippen LogP contribution in [0.15, 0.2) is 18.2 Å². The lowest BCUT2D eigenvalue weighted by molar-refractivity contribution is -0.385. The summed E-state index contributed by atoms with van der Waals surface area (Å²) in [6, 6.07) is 6.45. The molecule has 0 aliphatic heterocycles. The molecule has 0 heterocycles. The molecule has 1 N–H and O–H groups in total. The molecule has 21 heavy (non-hydrogen) atoms. The van der Waals surface area contributed by atoms with Crippen molar-refractivity contribution in [1.29, 1.82) is 5.26 Å². The molecule has 0 bridgehead atoms. The second kappa shape index (κ2) is 7.63. The van der Waals surface area contributed by atoms with Gasteiger partial charge in [-0.15, -0.1) is 0 Å². The van der Waals surface area contributed by atoms with Crippen LogP contribution < -0.4 is 5.32 Å². The maximum Gasteiger partial charge on any atom is 0.287 e. The maximum absolute atomic E-state index is 10.8. The van der Waals surface area contributed by atoms with E-state index in [1.165, 1.54) is 25.3 Å². The number of hydrogen-bond donors (Lipinski definition) is 1. The standard InChI is InChI=1S/C16H23N3O2/c1-4-5-6-9-16(2,3)12-18-14-7-8-15(19(20)21)13(10-14)11-17/h7-8,10,18H,4-6,9,12H2,1-3H3. The third-order valence-electron chi connectivity index (χ3n) is 3.54. The Balaban J connectivity index is 2.68. The minimum Gasteiger partial charge on any atom is -0.384 e. The van der Waals surface area contributed by atoms with Crippen molar-refractivity contribution in [2.24, 2.45) is 5.41 Å². The van der Waals surface area contributed by atoms with Crippen LogP contribution in [0.4, 0.5) is 11.4 Å². The highest BCUT2D eigenvalue weighted by molar-refractivity contribution is 5.58. The van der Waals surface area contributed by atoms with Crippen molar-refractivity contribution in [2.75, 3.05) is 11.9 Å². The van der Waals surface area contributed by atoms with Crippen LogP contribution in [0.5, 0.6) is 0 Å². The average molecular weight is 289 g/mol. The van der Waals surface area contributed by atoms with Gasteiger partial charge in [0.2, 0.25) is 0 Å². The lowest BCUT2D eigenvalue weighted by atomic mass is 9.87. The van der Waals surface area contributed by atoms with Gasteiger partial charge in [-0.1, -0.05) is 40.0 Å². The Morgan fingerprint density at radius 2 is 2.10 bits per heavy atom. The number of benzene rings is 1. The predicted octanol–water partition coefficient (Wildman–Crippen LogP) is 4.48. The molecular formula is C16H23N3O2. The van der Waals surface area contributed by atoms with Crippen molar-refractivity contribution < 1.29 is 4.92 Å². The fourth-order valence-electron chi connectivity index (χ4n) is 2.18. The second-order valence-electron chi connectivity index (χ2n) is 6.08. The summed E-state index contributed by atoms with van der Waals surface area (Å²) in [5.41, 5.74) is 0.851. The fraction of sp³-hybridized carbons (Fsp3) is 0.562. The van der Waals surface area contributed by atoms with Crippen LogP contribution in [-0.2, 0) is 0 Å². The summed E-state index contributed by atoms with van der Waals surface area (Å²) in [6.07, 6.45) is 4.78. The fourth-order valence-corrected chi connectivity index (χ4v) is 2.18. The molecule has 0 unspecified atom stereocenters. The van der Waals surface area contributed by atoms with Crippen LogP contribution in [0.2, 0.25) is 0 Å². The molecule has 0 radical (unpaired) electrons. The molecule has 5 heteroatoms. The van der Waals surface area contributed by atoms with Gasteiger partial charge in [-0.05, 0) is 24.0 Å². The first-order valence-electron chi connectivity index (χ1n) is 7.32. The molecule has 5 nitrogen and oxygen atoms in total. The number of nitro benzene ring substituents is 1. The Morgan fingerprint density at radius 3 is 2.67 bits per heavy atom. The van der Waals surface area contributed by atoms with Gasteiger partial charge in [-0.25, -0.2) is 0 Å². The first kappa shape index (κ1) is 17.0. The predicted molar refractivity (Wildman–Crippen MR) is 84.2 cm³/mol. The van der Waals surface area contributed by atoms with Gasteiger partial charge in [-0.2, -0.15) is 5.26 Å². The van der Waals surface area contributed by atoms with E-state index in [1.807, 2.05) is 6.07 Å².